The molecule has 0 N–H and O–H groups in total. The van der Waals surface area contributed by atoms with Crippen molar-refractivity contribution in [3.8, 4) is 0 Å². The van der Waals surface area contributed by atoms with Gasteiger partial charge in [0.1, 0.15) is 0 Å². The quantitative estimate of drug-likeness (QED) is 0.639. The largest absolute Gasteiger partial charge is 0.264 e. The van der Waals surface area contributed by atoms with Gasteiger partial charge in [-0.3, -0.25) is 4.99 Å². The fourth-order valence-corrected chi connectivity index (χ4v) is 1.44. The molecule has 0 aromatic heterocycles. The highest BCUT2D eigenvalue weighted by Gasteiger charge is 2.01. The van der Waals surface area contributed by atoms with E-state index in [1.165, 1.54) is 11.1 Å². The average molecular weight is 203 g/mol. The molecule has 0 aliphatic rings. The lowest BCUT2D eigenvalue weighted by Gasteiger charge is -2.07. The molecule has 15 heavy (non-hydrogen) atoms. The summed E-state index contributed by atoms with van der Waals surface area (Å²) in [4.78, 5) is 3.96. The van der Waals surface area contributed by atoms with Crippen LogP contribution in [0.2, 0.25) is 0 Å². The normalized spacial score (nSPS) is 8.80. The highest BCUT2D eigenvalue weighted by molar-refractivity contribution is 5.67. The van der Waals surface area contributed by atoms with E-state index in [1.54, 1.807) is 0 Å². The summed E-state index contributed by atoms with van der Waals surface area (Å²) in [5.41, 5.74) is 4.61. The van der Waals surface area contributed by atoms with E-state index >= 15 is 0 Å². The zero-order valence-corrected chi connectivity index (χ0v) is 10.3. The molecule has 1 aromatic carbocycles. The van der Waals surface area contributed by atoms with Crippen LogP contribution in [-0.2, 0) is 6.42 Å². The van der Waals surface area contributed by atoms with Gasteiger partial charge < -0.3 is 0 Å². The third-order valence-corrected chi connectivity index (χ3v) is 2.26. The summed E-state index contributed by atoms with van der Waals surface area (Å²) in [7, 11) is 0. The lowest BCUT2D eigenvalue weighted by atomic mass is 10.0. The summed E-state index contributed by atoms with van der Waals surface area (Å²) in [6.45, 7) is 15.5. The smallest absolute Gasteiger partial charge is 0.0697 e. The fourth-order valence-electron chi connectivity index (χ4n) is 1.44. The third kappa shape index (κ3) is 3.35. The van der Waals surface area contributed by atoms with Crippen molar-refractivity contribution in [1.29, 1.82) is 0 Å². The first-order valence-corrected chi connectivity index (χ1v) is 5.45. The van der Waals surface area contributed by atoms with Crippen LogP contribution in [0.5, 0.6) is 0 Å². The molecular weight excluding hydrogens is 182 g/mol. The van der Waals surface area contributed by atoms with E-state index in [4.69, 9.17) is 0 Å². The molecule has 0 bridgehead atoms. The molecule has 0 aliphatic heterocycles. The highest BCUT2D eigenvalue weighted by Crippen LogP contribution is 2.24. The monoisotopic (exact) mass is 203 g/mol. The zero-order chi connectivity index (χ0) is 11.8. The fraction of sp³-hybridized carbons (Fsp3) is 0.357. The summed E-state index contributed by atoms with van der Waals surface area (Å²) in [6.07, 6.45) is 2.87. The molecule has 0 saturated carbocycles. The van der Waals surface area contributed by atoms with Gasteiger partial charge in [0, 0.05) is 0 Å². The number of aliphatic imine (C=N–C) groups is 1. The number of hydrogen-bond acceptors (Lipinski definition) is 1. The molecule has 0 radical (unpaired) electrons. The van der Waals surface area contributed by atoms with Gasteiger partial charge in [-0.05, 0) is 48.9 Å². The SMILES string of the molecule is C=Cc1cc(CC)c(C)cc1N=C.CC. The second kappa shape index (κ2) is 6.99. The minimum absolute atomic E-state index is 0.921. The van der Waals surface area contributed by atoms with Gasteiger partial charge in [0.2, 0.25) is 0 Å². The van der Waals surface area contributed by atoms with Gasteiger partial charge in [-0.1, -0.05) is 33.4 Å². The Morgan fingerprint density at radius 3 is 2.33 bits per heavy atom. The number of nitrogens with zero attached hydrogens (tertiary/aromatic N) is 1. The Labute approximate surface area is 93.6 Å². The van der Waals surface area contributed by atoms with Crippen molar-refractivity contribution < 1.29 is 0 Å². The first-order valence-electron chi connectivity index (χ1n) is 5.45. The molecule has 1 nitrogen and oxygen atoms in total. The van der Waals surface area contributed by atoms with Crippen molar-refractivity contribution >= 4 is 18.5 Å². The average Bonchev–Trinajstić information content (AvgIpc) is 2.31. The van der Waals surface area contributed by atoms with Crippen LogP contribution in [0.15, 0.2) is 23.7 Å². The minimum Gasteiger partial charge on any atom is -0.264 e. The van der Waals surface area contributed by atoms with E-state index in [1.807, 2.05) is 19.9 Å². The van der Waals surface area contributed by atoms with E-state index < -0.39 is 0 Å². The van der Waals surface area contributed by atoms with Gasteiger partial charge in [-0.15, -0.1) is 0 Å². The van der Waals surface area contributed by atoms with Crippen LogP contribution < -0.4 is 0 Å². The summed E-state index contributed by atoms with van der Waals surface area (Å²) < 4.78 is 0. The molecule has 0 spiro atoms. The van der Waals surface area contributed by atoms with E-state index in [-0.39, 0.29) is 0 Å². The molecule has 1 heteroatoms. The van der Waals surface area contributed by atoms with Crippen LogP contribution in [0.25, 0.3) is 6.08 Å². The molecule has 0 amide bonds. The van der Waals surface area contributed by atoms with Crippen molar-refractivity contribution in [2.24, 2.45) is 4.99 Å². The summed E-state index contributed by atoms with van der Waals surface area (Å²) in [5, 5.41) is 0. The molecule has 0 heterocycles. The van der Waals surface area contributed by atoms with Gasteiger partial charge in [-0.25, -0.2) is 0 Å². The lowest BCUT2D eigenvalue weighted by molar-refractivity contribution is 1.11. The summed E-state index contributed by atoms with van der Waals surface area (Å²) >= 11 is 0. The first-order chi connectivity index (χ1) is 7.22. The highest BCUT2D eigenvalue weighted by atomic mass is 14.7. The molecular formula is C14H21N. The lowest BCUT2D eigenvalue weighted by Crippen LogP contribution is -1.88. The number of rotatable bonds is 3. The van der Waals surface area contributed by atoms with Gasteiger partial charge >= 0.3 is 0 Å². The van der Waals surface area contributed by atoms with Crippen LogP contribution >= 0.6 is 0 Å². The van der Waals surface area contributed by atoms with E-state index in [2.05, 4.69) is 44.3 Å². The predicted molar refractivity (Wildman–Crippen MR) is 71.2 cm³/mol. The van der Waals surface area contributed by atoms with E-state index in [0.717, 1.165) is 17.7 Å². The Morgan fingerprint density at radius 1 is 1.33 bits per heavy atom. The van der Waals surface area contributed by atoms with Crippen molar-refractivity contribution in [3.05, 3.63) is 35.4 Å². The third-order valence-electron chi connectivity index (χ3n) is 2.26. The maximum atomic E-state index is 3.96. The first kappa shape index (κ1) is 13.6. The van der Waals surface area contributed by atoms with Crippen LogP contribution in [0.3, 0.4) is 0 Å². The van der Waals surface area contributed by atoms with Gasteiger partial charge in [0.25, 0.3) is 0 Å². The summed E-state index contributed by atoms with van der Waals surface area (Å²) in [5.74, 6) is 0. The molecule has 0 atom stereocenters. The van der Waals surface area contributed by atoms with Crippen molar-refractivity contribution in [2.75, 3.05) is 0 Å². The predicted octanol–water partition coefficient (Wildman–Crippen LogP) is 4.56. The van der Waals surface area contributed by atoms with Crippen LogP contribution in [0, 0.1) is 6.92 Å². The van der Waals surface area contributed by atoms with Crippen molar-refractivity contribution in [1.82, 2.24) is 0 Å². The molecule has 1 rings (SSSR count). The van der Waals surface area contributed by atoms with Gasteiger partial charge in [0.05, 0.1) is 5.69 Å². The molecule has 1 aromatic rings. The molecule has 0 fully saturated rings. The maximum Gasteiger partial charge on any atom is 0.0697 e. The van der Waals surface area contributed by atoms with Crippen LogP contribution in [0.4, 0.5) is 5.69 Å². The molecule has 0 aliphatic carbocycles. The molecule has 0 unspecified atom stereocenters. The second-order valence-corrected chi connectivity index (χ2v) is 3.05. The molecule has 0 saturated heterocycles. The Kier molecular flexibility index (Phi) is 6.35. The Bertz CT molecular complexity index is 337. The Balaban J connectivity index is 0.000000921. The van der Waals surface area contributed by atoms with Crippen molar-refractivity contribution in [2.45, 2.75) is 34.1 Å². The molecule has 82 valence electrons. The Hall–Kier alpha value is -1.37. The standard InChI is InChI=1S/C12H15N.C2H6/c1-5-10-8-11(6-2)12(13-4)7-9(10)3;1-2/h6-8H,2,4-5H2,1,3H3;1-2H3. The topological polar surface area (TPSA) is 12.4 Å². The van der Waals surface area contributed by atoms with Crippen LogP contribution in [-0.4, -0.2) is 6.72 Å². The van der Waals surface area contributed by atoms with Gasteiger partial charge in [-0.2, -0.15) is 0 Å². The minimum atomic E-state index is 0.921. The zero-order valence-electron chi connectivity index (χ0n) is 10.3. The van der Waals surface area contributed by atoms with Crippen LogP contribution in [0.1, 0.15) is 37.5 Å². The second-order valence-electron chi connectivity index (χ2n) is 3.05. The van der Waals surface area contributed by atoms with Crippen molar-refractivity contribution in [3.63, 3.8) is 0 Å². The number of hydrogen-bond donors (Lipinski definition) is 0. The number of aryl methyl sites for hydroxylation is 2. The van der Waals surface area contributed by atoms with E-state index in [9.17, 15) is 0 Å². The van der Waals surface area contributed by atoms with Gasteiger partial charge in [0.15, 0.2) is 0 Å². The number of benzene rings is 1. The summed E-state index contributed by atoms with van der Waals surface area (Å²) in [6, 6.07) is 4.19. The Morgan fingerprint density at radius 2 is 1.93 bits per heavy atom. The maximum absolute atomic E-state index is 3.96. The van der Waals surface area contributed by atoms with E-state index in [0.29, 0.717) is 0 Å².